The van der Waals surface area contributed by atoms with E-state index in [1.54, 1.807) is 24.3 Å². The van der Waals surface area contributed by atoms with Crippen LogP contribution in [0.5, 0.6) is 5.75 Å². The van der Waals surface area contributed by atoms with E-state index >= 15 is 0 Å². The molecule has 156 valence electrons. The molecule has 0 saturated heterocycles. The number of aliphatic hydroxyl groups is 1. The number of rotatable bonds is 6. The van der Waals surface area contributed by atoms with Crippen LogP contribution in [0, 0.1) is 18.3 Å². The first kappa shape index (κ1) is 20.7. The van der Waals surface area contributed by atoms with Crippen LogP contribution >= 0.6 is 22.9 Å². The largest absolute Gasteiger partial charge is 0.491 e. The van der Waals surface area contributed by atoms with Gasteiger partial charge in [-0.1, -0.05) is 31.5 Å². The number of hydrogen-bond acceptors (Lipinski definition) is 4. The molecule has 6 heteroatoms. The molecule has 4 nitrogen and oxygen atoms in total. The van der Waals surface area contributed by atoms with Gasteiger partial charge in [0.2, 0.25) is 0 Å². The topological polar surface area (TPSA) is 58.6 Å². The van der Waals surface area contributed by atoms with Crippen LogP contribution in [-0.4, -0.2) is 23.7 Å². The molecule has 1 aromatic carbocycles. The summed E-state index contributed by atoms with van der Waals surface area (Å²) in [4.78, 5) is 15.1. The molecule has 0 spiro atoms. The van der Waals surface area contributed by atoms with Crippen molar-refractivity contribution in [3.05, 3.63) is 49.7 Å². The van der Waals surface area contributed by atoms with Crippen LogP contribution < -0.4 is 10.1 Å². The molecule has 1 fully saturated rings. The van der Waals surface area contributed by atoms with E-state index in [0.717, 1.165) is 16.9 Å². The molecule has 0 aliphatic heterocycles. The Morgan fingerprint density at radius 3 is 2.86 bits per heavy atom. The summed E-state index contributed by atoms with van der Waals surface area (Å²) in [6.45, 7) is 9.09. The van der Waals surface area contributed by atoms with Gasteiger partial charge in [0.25, 0.3) is 5.91 Å². The molecular formula is C23H28ClNO3S. The number of carbonyl (C=O) groups is 1. The fourth-order valence-corrected chi connectivity index (χ4v) is 6.30. The second-order valence-electron chi connectivity index (χ2n) is 9.09. The van der Waals surface area contributed by atoms with Gasteiger partial charge in [0.05, 0.1) is 11.0 Å². The van der Waals surface area contributed by atoms with Crippen LogP contribution in [0.15, 0.2) is 18.2 Å². The summed E-state index contributed by atoms with van der Waals surface area (Å²) in [5.41, 5.74) is 3.95. The summed E-state index contributed by atoms with van der Waals surface area (Å²) in [6, 6.07) is 5.38. The van der Waals surface area contributed by atoms with Crippen molar-refractivity contribution in [2.75, 3.05) is 6.61 Å². The molecule has 2 aromatic rings. The van der Waals surface area contributed by atoms with Crippen LogP contribution in [0.2, 0.25) is 5.02 Å². The van der Waals surface area contributed by atoms with Crippen LogP contribution in [0.3, 0.4) is 0 Å². The Balaban J connectivity index is 1.43. The first-order chi connectivity index (χ1) is 13.7. The molecule has 1 heterocycles. The van der Waals surface area contributed by atoms with Crippen LogP contribution in [0.1, 0.15) is 64.3 Å². The summed E-state index contributed by atoms with van der Waals surface area (Å²) >= 11 is 7.99. The number of ether oxygens (including phenoxy) is 1. The number of halogens is 1. The van der Waals surface area contributed by atoms with Crippen molar-refractivity contribution < 1.29 is 14.6 Å². The quantitative estimate of drug-likeness (QED) is 0.667. The molecule has 4 rings (SSSR count). The van der Waals surface area contributed by atoms with E-state index in [-0.39, 0.29) is 12.5 Å². The Hall–Kier alpha value is -1.56. The molecule has 2 aliphatic rings. The minimum atomic E-state index is -0.537. The van der Waals surface area contributed by atoms with E-state index in [2.05, 4.69) is 26.1 Å². The first-order valence-electron chi connectivity index (χ1n) is 10.2. The zero-order chi connectivity index (χ0) is 20.9. The second kappa shape index (κ2) is 7.60. The van der Waals surface area contributed by atoms with Gasteiger partial charge in [-0.05, 0) is 72.8 Å². The van der Waals surface area contributed by atoms with Crippen LogP contribution in [0.4, 0.5) is 0 Å². The summed E-state index contributed by atoms with van der Waals surface area (Å²) in [6.07, 6.45) is 1.71. The van der Waals surface area contributed by atoms with Crippen molar-refractivity contribution in [2.24, 2.45) is 11.3 Å². The number of aliphatic hydroxyl groups excluding tert-OH is 1. The highest BCUT2D eigenvalue weighted by Crippen LogP contribution is 2.63. The average molecular weight is 434 g/mol. The maximum Gasteiger partial charge on any atom is 0.261 e. The first-order valence-corrected chi connectivity index (χ1v) is 11.4. The predicted molar refractivity (Wildman–Crippen MR) is 117 cm³/mol. The average Bonchev–Trinajstić information content (AvgIpc) is 3.15. The molecule has 1 unspecified atom stereocenters. The van der Waals surface area contributed by atoms with Crippen molar-refractivity contribution in [1.82, 2.24) is 5.32 Å². The summed E-state index contributed by atoms with van der Waals surface area (Å²) < 4.78 is 5.47. The number of hydrogen-bond donors (Lipinski definition) is 2. The smallest absolute Gasteiger partial charge is 0.261 e. The summed E-state index contributed by atoms with van der Waals surface area (Å²) in [5, 5.41) is 12.9. The highest BCUT2D eigenvalue weighted by molar-refractivity contribution is 7.14. The molecule has 1 saturated carbocycles. The van der Waals surface area contributed by atoms with Gasteiger partial charge in [0.15, 0.2) is 0 Å². The highest BCUT2D eigenvalue weighted by Gasteiger charge is 2.53. The monoisotopic (exact) mass is 433 g/mol. The fraction of sp³-hybridized carbons (Fsp3) is 0.522. The van der Waals surface area contributed by atoms with Gasteiger partial charge >= 0.3 is 0 Å². The third kappa shape index (κ3) is 3.80. The third-order valence-electron chi connectivity index (χ3n) is 6.43. The molecule has 0 radical (unpaired) electrons. The molecule has 1 amide bonds. The van der Waals surface area contributed by atoms with Gasteiger partial charge in [-0.15, -0.1) is 11.3 Å². The van der Waals surface area contributed by atoms with E-state index in [1.165, 1.54) is 22.4 Å². The Morgan fingerprint density at radius 1 is 1.45 bits per heavy atom. The Bertz CT molecular complexity index is 950. The molecule has 1 aromatic heterocycles. The number of benzene rings is 1. The molecule has 29 heavy (non-hydrogen) atoms. The normalized spacial score (nSPS) is 22.4. The molecular weight excluding hydrogens is 406 g/mol. The molecule has 2 N–H and O–H groups in total. The van der Waals surface area contributed by atoms with E-state index in [9.17, 15) is 9.90 Å². The summed E-state index contributed by atoms with van der Waals surface area (Å²) in [7, 11) is 0. The SMILES string of the molecule is Cc1sc(C(=O)NCc2ccc(OCC(C)O)cc2Cl)c2c1[C@@H]1CC(C)(C)[C@@H]1C2. The number of carbonyl (C=O) groups excluding carboxylic acids is 1. The van der Waals surface area contributed by atoms with Crippen molar-refractivity contribution >= 4 is 28.8 Å². The fourth-order valence-electron chi connectivity index (χ4n) is 4.90. The van der Waals surface area contributed by atoms with Gasteiger partial charge < -0.3 is 15.2 Å². The van der Waals surface area contributed by atoms with Gasteiger partial charge in [-0.3, -0.25) is 4.79 Å². The van der Waals surface area contributed by atoms with E-state index in [0.29, 0.717) is 34.6 Å². The second-order valence-corrected chi connectivity index (χ2v) is 10.7. The lowest BCUT2D eigenvalue weighted by Crippen LogP contribution is -2.40. The molecule has 0 bridgehead atoms. The number of amides is 1. The van der Waals surface area contributed by atoms with Gasteiger partial charge in [0.1, 0.15) is 12.4 Å². The van der Waals surface area contributed by atoms with Crippen LogP contribution in [-0.2, 0) is 13.0 Å². The Kier molecular flexibility index (Phi) is 5.43. The van der Waals surface area contributed by atoms with Gasteiger partial charge in [-0.25, -0.2) is 0 Å². The van der Waals surface area contributed by atoms with Crippen molar-refractivity contribution in [3.8, 4) is 5.75 Å². The van der Waals surface area contributed by atoms with E-state index < -0.39 is 6.10 Å². The molecule has 2 aliphatic carbocycles. The highest BCUT2D eigenvalue weighted by atomic mass is 35.5. The predicted octanol–water partition coefficient (Wildman–Crippen LogP) is 5.09. The molecule has 3 atom stereocenters. The van der Waals surface area contributed by atoms with Crippen LogP contribution in [0.25, 0.3) is 0 Å². The number of nitrogens with one attached hydrogen (secondary N) is 1. The van der Waals surface area contributed by atoms with E-state index in [4.69, 9.17) is 16.3 Å². The van der Waals surface area contributed by atoms with Crippen molar-refractivity contribution in [1.29, 1.82) is 0 Å². The third-order valence-corrected chi connectivity index (χ3v) is 7.94. The minimum Gasteiger partial charge on any atom is -0.491 e. The lowest BCUT2D eigenvalue weighted by atomic mass is 9.56. The zero-order valence-electron chi connectivity index (χ0n) is 17.3. The number of thiophene rings is 1. The van der Waals surface area contributed by atoms with Gasteiger partial charge in [-0.2, -0.15) is 0 Å². The lowest BCUT2D eigenvalue weighted by Gasteiger charge is -2.48. The minimum absolute atomic E-state index is 0.0102. The van der Waals surface area contributed by atoms with E-state index in [1.807, 2.05) is 12.1 Å². The van der Waals surface area contributed by atoms with Gasteiger partial charge in [0, 0.05) is 16.4 Å². The Morgan fingerprint density at radius 2 is 2.21 bits per heavy atom. The summed E-state index contributed by atoms with van der Waals surface area (Å²) in [5.74, 6) is 1.91. The lowest BCUT2D eigenvalue weighted by molar-refractivity contribution is 0.0518. The van der Waals surface area contributed by atoms with Crippen molar-refractivity contribution in [3.63, 3.8) is 0 Å². The standard InChI is InChI=1S/C23H28ClNO3S/c1-12(26)11-28-15-6-5-14(19(24)7-15)10-25-22(27)21-16-8-18-17(9-23(18,3)4)20(16)13(2)29-21/h5-7,12,17-18,26H,8-11H2,1-4H3,(H,25,27)/t12?,17-,18-/m1/s1. The number of fused-ring (bicyclic) bond motifs is 3. The zero-order valence-corrected chi connectivity index (χ0v) is 18.9. The van der Waals surface area contributed by atoms with Crippen molar-refractivity contribution in [2.45, 2.75) is 59.1 Å². The number of aryl methyl sites for hydroxylation is 1. The maximum absolute atomic E-state index is 12.9. The maximum atomic E-state index is 12.9. The Labute approximate surface area is 181 Å².